The molecule has 53 valence electrons. The topological polar surface area (TPSA) is 0 Å². The fraction of sp³-hybridized carbons (Fsp3) is 0.889. The molecule has 0 aromatic carbocycles. The number of unbranched alkanes of at least 4 members (excludes halogenated alkanes) is 1. The summed E-state index contributed by atoms with van der Waals surface area (Å²) in [6.45, 7) is 6.22. The van der Waals surface area contributed by atoms with Gasteiger partial charge in [0.1, 0.15) is 0 Å². The third-order valence-corrected chi connectivity index (χ3v) is 2.34. The number of hydrogen-bond acceptors (Lipinski definition) is 0. The van der Waals surface area contributed by atoms with Crippen molar-refractivity contribution in [3.05, 3.63) is 6.92 Å². The van der Waals surface area contributed by atoms with Crippen LogP contribution in [0, 0.1) is 18.8 Å². The van der Waals surface area contributed by atoms with Crippen LogP contribution in [0.5, 0.6) is 0 Å². The molecule has 0 N–H and O–H groups in total. The van der Waals surface area contributed by atoms with Crippen LogP contribution in [0.15, 0.2) is 0 Å². The lowest BCUT2D eigenvalue weighted by Crippen LogP contribution is -1.95. The van der Waals surface area contributed by atoms with Gasteiger partial charge in [-0.2, -0.15) is 0 Å². The predicted molar refractivity (Wildman–Crippen MR) is 41.1 cm³/mol. The normalized spacial score (nSPS) is 22.0. The maximum atomic E-state index is 3.84. The monoisotopic (exact) mass is 125 g/mol. The number of hydrogen-bond donors (Lipinski definition) is 0. The van der Waals surface area contributed by atoms with E-state index in [1.165, 1.54) is 25.7 Å². The van der Waals surface area contributed by atoms with Crippen LogP contribution in [0.1, 0.15) is 39.0 Å². The highest BCUT2D eigenvalue weighted by atomic mass is 14.3. The van der Waals surface area contributed by atoms with Crippen molar-refractivity contribution in [2.75, 3.05) is 0 Å². The second kappa shape index (κ2) is 3.24. The van der Waals surface area contributed by atoms with Gasteiger partial charge < -0.3 is 0 Å². The summed E-state index contributed by atoms with van der Waals surface area (Å²) in [4.78, 5) is 0. The van der Waals surface area contributed by atoms with Gasteiger partial charge in [-0.15, -0.1) is 0 Å². The molecule has 9 heavy (non-hydrogen) atoms. The van der Waals surface area contributed by atoms with E-state index in [1.807, 2.05) is 0 Å². The molecule has 1 aliphatic carbocycles. The van der Waals surface area contributed by atoms with Crippen molar-refractivity contribution in [2.24, 2.45) is 11.8 Å². The molecule has 1 unspecified atom stereocenters. The summed E-state index contributed by atoms with van der Waals surface area (Å²) in [6, 6.07) is 0. The second-order valence-electron chi connectivity index (χ2n) is 3.31. The average molecular weight is 125 g/mol. The molecule has 1 atom stereocenters. The predicted octanol–water partition coefficient (Wildman–Crippen LogP) is 3.04. The van der Waals surface area contributed by atoms with Crippen LogP contribution in [0.25, 0.3) is 0 Å². The summed E-state index contributed by atoms with van der Waals surface area (Å²) in [5.41, 5.74) is 0. The Kier molecular flexibility index (Phi) is 2.56. The molecule has 0 bridgehead atoms. The third-order valence-electron chi connectivity index (χ3n) is 2.34. The van der Waals surface area contributed by atoms with Crippen LogP contribution >= 0.6 is 0 Å². The minimum Gasteiger partial charge on any atom is -0.0622 e. The van der Waals surface area contributed by atoms with E-state index >= 15 is 0 Å². The maximum Gasteiger partial charge on any atom is -0.0388 e. The van der Waals surface area contributed by atoms with Crippen molar-refractivity contribution in [1.82, 2.24) is 0 Å². The van der Waals surface area contributed by atoms with Crippen molar-refractivity contribution in [3.63, 3.8) is 0 Å². The highest BCUT2D eigenvalue weighted by molar-refractivity contribution is 4.78. The van der Waals surface area contributed by atoms with Crippen LogP contribution in [0.2, 0.25) is 0 Å². The third kappa shape index (κ3) is 2.38. The Balaban J connectivity index is 1.96. The van der Waals surface area contributed by atoms with Gasteiger partial charge in [0.2, 0.25) is 0 Å². The van der Waals surface area contributed by atoms with E-state index in [0.29, 0.717) is 0 Å². The molecule has 0 amide bonds. The van der Waals surface area contributed by atoms with Crippen LogP contribution < -0.4 is 0 Å². The lowest BCUT2D eigenvalue weighted by Gasteiger charge is -2.06. The molecule has 1 aliphatic rings. The van der Waals surface area contributed by atoms with E-state index < -0.39 is 0 Å². The van der Waals surface area contributed by atoms with E-state index in [1.54, 1.807) is 0 Å². The van der Waals surface area contributed by atoms with E-state index in [-0.39, 0.29) is 0 Å². The van der Waals surface area contributed by atoms with E-state index in [4.69, 9.17) is 0 Å². The molecule has 0 spiro atoms. The molecule has 0 aromatic rings. The molecule has 0 heteroatoms. The fourth-order valence-corrected chi connectivity index (χ4v) is 1.37. The van der Waals surface area contributed by atoms with Gasteiger partial charge >= 0.3 is 0 Å². The van der Waals surface area contributed by atoms with Crippen molar-refractivity contribution < 1.29 is 0 Å². The molecular formula is C9H17. The first-order chi connectivity index (χ1) is 4.34. The van der Waals surface area contributed by atoms with Gasteiger partial charge in [-0.1, -0.05) is 33.1 Å². The average Bonchev–Trinajstić information content (AvgIpc) is 2.63. The van der Waals surface area contributed by atoms with E-state index in [2.05, 4.69) is 13.8 Å². The Morgan fingerprint density at radius 2 is 2.22 bits per heavy atom. The zero-order valence-corrected chi connectivity index (χ0v) is 6.40. The van der Waals surface area contributed by atoms with Crippen LogP contribution in [-0.2, 0) is 0 Å². The lowest BCUT2D eigenvalue weighted by molar-refractivity contribution is 0.456. The van der Waals surface area contributed by atoms with Gasteiger partial charge in [-0.25, -0.2) is 0 Å². The molecule has 0 aromatic heterocycles. The summed E-state index contributed by atoms with van der Waals surface area (Å²) in [6.07, 6.45) is 6.86. The van der Waals surface area contributed by atoms with Gasteiger partial charge in [-0.05, 0) is 24.7 Å². The summed E-state index contributed by atoms with van der Waals surface area (Å²) in [5, 5.41) is 0. The van der Waals surface area contributed by atoms with Gasteiger partial charge in [0, 0.05) is 0 Å². The molecule has 1 saturated carbocycles. The zero-order valence-electron chi connectivity index (χ0n) is 6.40. The Morgan fingerprint density at radius 1 is 1.56 bits per heavy atom. The molecule has 0 saturated heterocycles. The van der Waals surface area contributed by atoms with Crippen molar-refractivity contribution in [3.8, 4) is 0 Å². The SMILES string of the molecule is [CH2]CCCC(C)C1CC1. The summed E-state index contributed by atoms with van der Waals surface area (Å²) >= 11 is 0. The van der Waals surface area contributed by atoms with Gasteiger partial charge in [0.15, 0.2) is 0 Å². The van der Waals surface area contributed by atoms with Crippen molar-refractivity contribution in [1.29, 1.82) is 0 Å². The molecule has 1 radical (unpaired) electrons. The smallest absolute Gasteiger partial charge is 0.0388 e. The summed E-state index contributed by atoms with van der Waals surface area (Å²) in [5.74, 6) is 2.09. The molecule has 0 aliphatic heterocycles. The highest BCUT2D eigenvalue weighted by Crippen LogP contribution is 2.38. The van der Waals surface area contributed by atoms with E-state index in [9.17, 15) is 0 Å². The lowest BCUT2D eigenvalue weighted by atomic mass is 10.00. The molecule has 1 rings (SSSR count). The van der Waals surface area contributed by atoms with Crippen LogP contribution in [-0.4, -0.2) is 0 Å². The standard InChI is InChI=1S/C9H17/c1-3-4-5-8(2)9-6-7-9/h8-9H,1,3-7H2,2H3. The highest BCUT2D eigenvalue weighted by Gasteiger charge is 2.26. The maximum absolute atomic E-state index is 3.84. The van der Waals surface area contributed by atoms with Crippen molar-refractivity contribution >= 4 is 0 Å². The molecule has 0 nitrogen and oxygen atoms in total. The first-order valence-corrected chi connectivity index (χ1v) is 4.14. The molecule has 0 heterocycles. The minimum atomic E-state index is 0.992. The van der Waals surface area contributed by atoms with Crippen LogP contribution in [0.3, 0.4) is 0 Å². The Morgan fingerprint density at radius 3 is 2.67 bits per heavy atom. The Hall–Kier alpha value is 0. The fourth-order valence-electron chi connectivity index (χ4n) is 1.37. The Labute approximate surface area is 58.7 Å². The summed E-state index contributed by atoms with van der Waals surface area (Å²) < 4.78 is 0. The minimum absolute atomic E-state index is 0.992. The summed E-state index contributed by atoms with van der Waals surface area (Å²) in [7, 11) is 0. The van der Waals surface area contributed by atoms with Gasteiger partial charge in [0.05, 0.1) is 0 Å². The quantitative estimate of drug-likeness (QED) is 0.541. The van der Waals surface area contributed by atoms with Gasteiger partial charge in [0.25, 0.3) is 0 Å². The van der Waals surface area contributed by atoms with Crippen molar-refractivity contribution in [2.45, 2.75) is 39.0 Å². The molecule has 1 fully saturated rings. The largest absolute Gasteiger partial charge is 0.0622 e. The number of rotatable bonds is 4. The van der Waals surface area contributed by atoms with Crippen LogP contribution in [0.4, 0.5) is 0 Å². The van der Waals surface area contributed by atoms with Gasteiger partial charge in [-0.3, -0.25) is 0 Å². The second-order valence-corrected chi connectivity index (χ2v) is 3.31. The zero-order chi connectivity index (χ0) is 6.69. The first kappa shape index (κ1) is 7.11. The first-order valence-electron chi connectivity index (χ1n) is 4.14. The molecular weight excluding hydrogens is 108 g/mol. The Bertz CT molecular complexity index is 72.1. The van der Waals surface area contributed by atoms with E-state index in [0.717, 1.165) is 18.3 Å².